The zero-order chi connectivity index (χ0) is 17.6. The standard InChI is InChI=1S/C18H40N2Si2/c1-11-13-15-19(21(5,6)7)17(3)18(4)20(16-14-12-2)22(8,9)10/h3-4,11-16H2,1-2,5-10H3. The summed E-state index contributed by atoms with van der Waals surface area (Å²) in [7, 11) is -2.85. The van der Waals surface area contributed by atoms with Gasteiger partial charge in [0.15, 0.2) is 0 Å². The van der Waals surface area contributed by atoms with E-state index in [1.165, 1.54) is 37.1 Å². The minimum absolute atomic E-state index is 1.12. The molecule has 0 amide bonds. The van der Waals surface area contributed by atoms with E-state index in [2.05, 4.69) is 75.4 Å². The number of rotatable bonds is 11. The Labute approximate surface area is 142 Å². The van der Waals surface area contributed by atoms with E-state index in [0.29, 0.717) is 0 Å². The van der Waals surface area contributed by atoms with Gasteiger partial charge in [0.05, 0.1) is 0 Å². The molecule has 0 aliphatic rings. The smallest absolute Gasteiger partial charge is 0.147 e. The van der Waals surface area contributed by atoms with Crippen molar-refractivity contribution in [2.45, 2.75) is 78.8 Å². The summed E-state index contributed by atoms with van der Waals surface area (Å²) in [5.74, 6) is 0. The predicted molar refractivity (Wildman–Crippen MR) is 108 cm³/mol. The highest BCUT2D eigenvalue weighted by Crippen LogP contribution is 2.27. The number of hydrogen-bond acceptors (Lipinski definition) is 2. The first kappa shape index (κ1) is 21.5. The van der Waals surface area contributed by atoms with Crippen LogP contribution in [0.1, 0.15) is 39.5 Å². The molecule has 2 nitrogen and oxygen atoms in total. The number of unbranched alkanes of at least 4 members (excludes halogenated alkanes) is 2. The molecule has 4 heteroatoms. The maximum absolute atomic E-state index is 4.46. The summed E-state index contributed by atoms with van der Waals surface area (Å²) in [6.45, 7) is 30.1. The van der Waals surface area contributed by atoms with Crippen molar-refractivity contribution in [2.24, 2.45) is 0 Å². The van der Waals surface area contributed by atoms with Crippen molar-refractivity contribution < 1.29 is 0 Å². The largest absolute Gasteiger partial charge is 0.397 e. The maximum atomic E-state index is 4.46. The highest BCUT2D eigenvalue weighted by atomic mass is 28.3. The first-order chi connectivity index (χ1) is 9.96. The van der Waals surface area contributed by atoms with Gasteiger partial charge in [-0.2, -0.15) is 0 Å². The second-order valence-corrected chi connectivity index (χ2v) is 18.0. The summed E-state index contributed by atoms with van der Waals surface area (Å²) < 4.78 is 5.16. The van der Waals surface area contributed by atoms with Crippen molar-refractivity contribution in [3.8, 4) is 0 Å². The molecular weight excluding hydrogens is 300 g/mol. The lowest BCUT2D eigenvalue weighted by atomic mass is 10.3. The topological polar surface area (TPSA) is 6.48 Å². The summed E-state index contributed by atoms with van der Waals surface area (Å²) in [6.07, 6.45) is 4.93. The van der Waals surface area contributed by atoms with Crippen LogP contribution in [0.25, 0.3) is 0 Å². The van der Waals surface area contributed by atoms with Gasteiger partial charge in [-0.3, -0.25) is 0 Å². The molecule has 0 fully saturated rings. The van der Waals surface area contributed by atoms with Gasteiger partial charge in [0.25, 0.3) is 0 Å². The van der Waals surface area contributed by atoms with Crippen LogP contribution in [0, 0.1) is 0 Å². The van der Waals surface area contributed by atoms with Crippen LogP contribution in [0.2, 0.25) is 39.3 Å². The van der Waals surface area contributed by atoms with Gasteiger partial charge in [0.2, 0.25) is 0 Å². The normalized spacial score (nSPS) is 12.2. The summed E-state index contributed by atoms with van der Waals surface area (Å²) in [5.41, 5.74) is 2.34. The Hall–Kier alpha value is -0.486. The zero-order valence-electron chi connectivity index (χ0n) is 16.6. The molecule has 0 spiro atoms. The van der Waals surface area contributed by atoms with E-state index in [1.807, 2.05) is 0 Å². The molecule has 0 heterocycles. The van der Waals surface area contributed by atoms with Crippen molar-refractivity contribution in [1.29, 1.82) is 0 Å². The van der Waals surface area contributed by atoms with E-state index in [0.717, 1.165) is 13.1 Å². The first-order valence-electron chi connectivity index (χ1n) is 8.90. The SMILES string of the molecule is C=C(C(=C)N(CCCC)[Si](C)(C)C)N(CCCC)[Si](C)(C)C. The molecule has 0 unspecified atom stereocenters. The quantitative estimate of drug-likeness (QED) is 0.342. The average molecular weight is 341 g/mol. The molecule has 0 N–H and O–H groups in total. The van der Waals surface area contributed by atoms with E-state index in [9.17, 15) is 0 Å². The molecule has 0 aliphatic heterocycles. The Morgan fingerprint density at radius 2 is 0.955 bits per heavy atom. The summed E-state index contributed by atoms with van der Waals surface area (Å²) in [6, 6.07) is 0. The monoisotopic (exact) mass is 340 g/mol. The van der Waals surface area contributed by atoms with E-state index in [4.69, 9.17) is 0 Å². The Morgan fingerprint density at radius 1 is 0.682 bits per heavy atom. The molecule has 0 saturated carbocycles. The molecule has 0 aromatic heterocycles. The van der Waals surface area contributed by atoms with Crippen molar-refractivity contribution >= 4 is 16.5 Å². The van der Waals surface area contributed by atoms with Crippen LogP contribution in [0.4, 0.5) is 0 Å². The van der Waals surface area contributed by atoms with Gasteiger partial charge in [-0.1, -0.05) is 79.1 Å². The van der Waals surface area contributed by atoms with Gasteiger partial charge in [-0.05, 0) is 12.8 Å². The van der Waals surface area contributed by atoms with Gasteiger partial charge < -0.3 is 9.13 Å². The first-order valence-corrected chi connectivity index (χ1v) is 15.8. The lowest BCUT2D eigenvalue weighted by Crippen LogP contribution is -2.51. The van der Waals surface area contributed by atoms with E-state index in [-0.39, 0.29) is 0 Å². The second-order valence-electron chi connectivity index (χ2n) is 8.25. The lowest BCUT2D eigenvalue weighted by molar-refractivity contribution is 0.443. The molecule has 0 saturated heterocycles. The molecule has 0 aliphatic carbocycles. The van der Waals surface area contributed by atoms with E-state index < -0.39 is 16.5 Å². The van der Waals surface area contributed by atoms with Crippen LogP contribution in [-0.2, 0) is 0 Å². The minimum atomic E-state index is -1.42. The maximum Gasteiger partial charge on any atom is 0.147 e. The Morgan fingerprint density at radius 3 is 1.14 bits per heavy atom. The Balaban J connectivity index is 5.27. The fourth-order valence-corrected chi connectivity index (χ4v) is 6.23. The zero-order valence-corrected chi connectivity index (χ0v) is 18.6. The van der Waals surface area contributed by atoms with E-state index in [1.54, 1.807) is 0 Å². The molecule has 22 heavy (non-hydrogen) atoms. The predicted octanol–water partition coefficient (Wildman–Crippen LogP) is 5.89. The molecule has 0 aromatic rings. The average Bonchev–Trinajstić information content (AvgIpc) is 2.36. The molecular formula is C18H40N2Si2. The van der Waals surface area contributed by atoms with Gasteiger partial charge in [0, 0.05) is 24.5 Å². The highest BCUT2D eigenvalue weighted by molar-refractivity contribution is 6.74. The Kier molecular flexibility index (Phi) is 8.77. The second kappa shape index (κ2) is 8.97. The summed E-state index contributed by atoms with van der Waals surface area (Å²) in [5, 5.41) is 0. The Bertz CT molecular complexity index is 328. The lowest BCUT2D eigenvalue weighted by Gasteiger charge is -2.44. The van der Waals surface area contributed by atoms with Gasteiger partial charge in [-0.25, -0.2) is 0 Å². The molecule has 0 bridgehead atoms. The number of hydrogen-bond donors (Lipinski definition) is 0. The van der Waals surface area contributed by atoms with Crippen LogP contribution < -0.4 is 0 Å². The third-order valence-electron chi connectivity index (χ3n) is 4.07. The fourth-order valence-electron chi connectivity index (χ4n) is 2.69. The van der Waals surface area contributed by atoms with Crippen molar-refractivity contribution in [3.05, 3.63) is 24.6 Å². The van der Waals surface area contributed by atoms with Crippen LogP contribution >= 0.6 is 0 Å². The van der Waals surface area contributed by atoms with Crippen LogP contribution in [0.3, 0.4) is 0 Å². The van der Waals surface area contributed by atoms with Crippen molar-refractivity contribution in [1.82, 2.24) is 9.13 Å². The van der Waals surface area contributed by atoms with Crippen LogP contribution in [0.5, 0.6) is 0 Å². The molecule has 130 valence electrons. The third kappa shape index (κ3) is 6.73. The van der Waals surface area contributed by atoms with Crippen molar-refractivity contribution in [3.63, 3.8) is 0 Å². The van der Waals surface area contributed by atoms with Gasteiger partial charge in [-0.15, -0.1) is 0 Å². The highest BCUT2D eigenvalue weighted by Gasteiger charge is 2.31. The molecule has 0 rings (SSSR count). The third-order valence-corrected chi connectivity index (χ3v) is 8.30. The van der Waals surface area contributed by atoms with E-state index >= 15 is 0 Å². The summed E-state index contributed by atoms with van der Waals surface area (Å²) in [4.78, 5) is 0. The number of nitrogens with zero attached hydrogens (tertiary/aromatic N) is 2. The molecule has 0 atom stereocenters. The molecule has 0 radical (unpaired) electrons. The molecule has 0 aromatic carbocycles. The van der Waals surface area contributed by atoms with Gasteiger partial charge in [0.1, 0.15) is 16.5 Å². The summed E-state index contributed by atoms with van der Waals surface area (Å²) >= 11 is 0. The van der Waals surface area contributed by atoms with Gasteiger partial charge >= 0.3 is 0 Å². The van der Waals surface area contributed by atoms with Crippen molar-refractivity contribution in [2.75, 3.05) is 13.1 Å². The minimum Gasteiger partial charge on any atom is -0.397 e. The van der Waals surface area contributed by atoms with Crippen LogP contribution in [0.15, 0.2) is 24.6 Å². The fraction of sp³-hybridized carbons (Fsp3) is 0.778. The van der Waals surface area contributed by atoms with Crippen LogP contribution in [-0.4, -0.2) is 38.7 Å².